The fourth-order valence-electron chi connectivity index (χ4n) is 5.53. The third-order valence-electron chi connectivity index (χ3n) is 7.95. The van der Waals surface area contributed by atoms with Gasteiger partial charge >= 0.3 is 0 Å². The highest BCUT2D eigenvalue weighted by Gasteiger charge is 2.54. The van der Waals surface area contributed by atoms with Gasteiger partial charge < -0.3 is 19.7 Å². The molecule has 3 heterocycles. The van der Waals surface area contributed by atoms with E-state index in [0.29, 0.717) is 11.4 Å². The van der Waals surface area contributed by atoms with Gasteiger partial charge in [-0.15, -0.1) is 0 Å². The van der Waals surface area contributed by atoms with E-state index in [1.54, 1.807) is 24.5 Å². The minimum atomic E-state index is -4.09. The van der Waals surface area contributed by atoms with Crippen molar-refractivity contribution < 1.29 is 28.1 Å². The van der Waals surface area contributed by atoms with Crippen molar-refractivity contribution in [2.24, 2.45) is 0 Å². The Morgan fingerprint density at radius 2 is 1.02 bits per heavy atom. The third kappa shape index (κ3) is 7.55. The van der Waals surface area contributed by atoms with E-state index in [2.05, 4.69) is 9.97 Å². The Hall–Kier alpha value is -3.47. The zero-order chi connectivity index (χ0) is 30.4. The molecule has 2 aromatic heterocycles. The van der Waals surface area contributed by atoms with E-state index in [0.717, 1.165) is 22.3 Å². The van der Waals surface area contributed by atoms with Crippen LogP contribution in [0, 0.1) is 13.8 Å². The molecule has 8 nitrogen and oxygen atoms in total. The molecule has 1 saturated heterocycles. The number of sulfone groups is 1. The highest BCUT2D eigenvalue weighted by atomic mass is 32.2. The lowest BCUT2D eigenvalue weighted by atomic mass is 9.94. The van der Waals surface area contributed by atoms with Gasteiger partial charge in [0.2, 0.25) is 0 Å². The first-order chi connectivity index (χ1) is 20.7. The zero-order valence-electron chi connectivity index (χ0n) is 24.4. The van der Waals surface area contributed by atoms with Crippen molar-refractivity contribution in [1.82, 2.24) is 9.97 Å². The predicted octanol–water partition coefficient (Wildman–Crippen LogP) is 3.94. The van der Waals surface area contributed by atoms with Gasteiger partial charge in [0.05, 0.1) is 35.1 Å². The Kier molecular flexibility index (Phi) is 10.00. The minimum absolute atomic E-state index is 0.0301. The summed E-state index contributed by atoms with van der Waals surface area (Å²) in [5, 5.41) is 21.0. The number of aliphatic hydroxyl groups excluding tert-OH is 2. The van der Waals surface area contributed by atoms with Crippen LogP contribution in [0.1, 0.15) is 33.6 Å². The number of nitrogens with zero attached hydrogens (tertiary/aromatic N) is 2. The summed E-state index contributed by atoms with van der Waals surface area (Å²) in [6.07, 6.45) is -1.99. The molecule has 0 spiro atoms. The lowest BCUT2D eigenvalue weighted by molar-refractivity contribution is -0.139. The van der Waals surface area contributed by atoms with Crippen molar-refractivity contribution >= 4 is 9.84 Å². The molecule has 0 radical (unpaired) electrons. The molecule has 43 heavy (non-hydrogen) atoms. The molecule has 0 bridgehead atoms. The molecule has 0 amide bonds. The van der Waals surface area contributed by atoms with Crippen LogP contribution >= 0.6 is 0 Å². The summed E-state index contributed by atoms with van der Waals surface area (Å²) in [4.78, 5) is 8.76. The Labute approximate surface area is 253 Å². The molecule has 2 N–H and O–H groups in total. The van der Waals surface area contributed by atoms with Gasteiger partial charge in [-0.25, -0.2) is 8.42 Å². The molecule has 1 fully saturated rings. The summed E-state index contributed by atoms with van der Waals surface area (Å²) in [5.74, 6) is 0. The minimum Gasteiger partial charge on any atom is -0.388 e. The van der Waals surface area contributed by atoms with E-state index in [-0.39, 0.29) is 26.1 Å². The lowest BCUT2D eigenvalue weighted by Crippen LogP contribution is -2.49. The van der Waals surface area contributed by atoms with Crippen LogP contribution in [0.2, 0.25) is 0 Å². The van der Waals surface area contributed by atoms with Crippen LogP contribution in [0.5, 0.6) is 0 Å². The molecule has 2 aromatic carbocycles. The second-order valence-corrected chi connectivity index (χ2v) is 13.6. The van der Waals surface area contributed by atoms with Crippen LogP contribution in [0.15, 0.2) is 97.3 Å². The first-order valence-electron chi connectivity index (χ1n) is 14.5. The lowest BCUT2D eigenvalue weighted by Gasteiger charge is -2.30. The molecule has 9 heteroatoms. The van der Waals surface area contributed by atoms with Crippen LogP contribution in [0.3, 0.4) is 0 Å². The SMILES string of the molecule is Cc1ccc(CO[C@@H]2[C@H](O)[C@@H](O)[C@@H](OCc3ccc(C)cn3)[C@@H](Cc3ccccc3)S(=O)(=O)[C@@H]2Cc2ccccc2)nc1. The topological polar surface area (TPSA) is 119 Å². The summed E-state index contributed by atoms with van der Waals surface area (Å²) in [7, 11) is -4.09. The highest BCUT2D eigenvalue weighted by Crippen LogP contribution is 2.34. The van der Waals surface area contributed by atoms with Crippen molar-refractivity contribution in [3.8, 4) is 0 Å². The summed E-state index contributed by atoms with van der Waals surface area (Å²) in [6.45, 7) is 3.78. The summed E-state index contributed by atoms with van der Waals surface area (Å²) < 4.78 is 41.9. The average molecular weight is 603 g/mol. The molecule has 6 atom stereocenters. The summed E-state index contributed by atoms with van der Waals surface area (Å²) in [5.41, 5.74) is 4.69. The third-order valence-corrected chi connectivity index (χ3v) is 10.5. The van der Waals surface area contributed by atoms with Crippen molar-refractivity contribution in [3.05, 3.63) is 131 Å². The van der Waals surface area contributed by atoms with E-state index in [1.807, 2.05) is 86.6 Å². The van der Waals surface area contributed by atoms with Crippen LogP contribution in [0.25, 0.3) is 0 Å². The fraction of sp³-hybridized carbons (Fsp3) is 0.353. The van der Waals surface area contributed by atoms with Crippen molar-refractivity contribution in [2.45, 2.75) is 74.8 Å². The quantitative estimate of drug-likeness (QED) is 0.280. The molecule has 226 valence electrons. The van der Waals surface area contributed by atoms with Gasteiger partial charge in [-0.05, 0) is 61.1 Å². The Morgan fingerprint density at radius 3 is 1.37 bits per heavy atom. The van der Waals surface area contributed by atoms with Gasteiger partial charge in [-0.3, -0.25) is 9.97 Å². The summed E-state index contributed by atoms with van der Waals surface area (Å²) in [6, 6.07) is 25.9. The molecule has 0 saturated carbocycles. The normalized spacial score (nSPS) is 25.2. The number of rotatable bonds is 10. The second kappa shape index (κ2) is 13.9. The Morgan fingerprint density at radius 1 is 0.628 bits per heavy atom. The monoisotopic (exact) mass is 602 g/mol. The van der Waals surface area contributed by atoms with Crippen molar-refractivity contribution in [3.63, 3.8) is 0 Å². The molecule has 0 unspecified atom stereocenters. The Bertz CT molecular complexity index is 1440. The smallest absolute Gasteiger partial charge is 0.161 e. The van der Waals surface area contributed by atoms with Gasteiger partial charge in [0.25, 0.3) is 0 Å². The maximum atomic E-state index is 14.8. The van der Waals surface area contributed by atoms with Crippen molar-refractivity contribution in [1.29, 1.82) is 0 Å². The van der Waals surface area contributed by atoms with Crippen LogP contribution in [-0.4, -0.2) is 63.5 Å². The summed E-state index contributed by atoms with van der Waals surface area (Å²) >= 11 is 0. The first kappa shape index (κ1) is 31.0. The maximum Gasteiger partial charge on any atom is 0.161 e. The Balaban J connectivity index is 1.54. The van der Waals surface area contributed by atoms with Gasteiger partial charge in [-0.1, -0.05) is 72.8 Å². The largest absolute Gasteiger partial charge is 0.388 e. The zero-order valence-corrected chi connectivity index (χ0v) is 25.2. The molecule has 1 aliphatic heterocycles. The van der Waals surface area contributed by atoms with Crippen LogP contribution in [-0.2, 0) is 45.4 Å². The molecular weight excluding hydrogens is 564 g/mol. The number of aromatic nitrogens is 2. The van der Waals surface area contributed by atoms with E-state index >= 15 is 0 Å². The van der Waals surface area contributed by atoms with Gasteiger partial charge in [0, 0.05) is 12.4 Å². The van der Waals surface area contributed by atoms with E-state index < -0.39 is 44.8 Å². The molecule has 1 aliphatic rings. The standard InChI is InChI=1S/C34H38N2O6S/c1-23-13-15-27(35-19-23)21-41-33-29(17-25-9-5-3-6-10-25)43(39,40)30(18-26-11-7-4-8-12-26)34(32(38)31(33)37)42-22-28-16-14-24(2)20-36-28/h3-16,19-20,29-34,37-38H,17-18,21-22H2,1-2H3/t29-,30-,31-,32-,33+,34+/m1/s1. The van der Waals surface area contributed by atoms with E-state index in [9.17, 15) is 18.6 Å². The fourth-order valence-corrected chi connectivity index (χ4v) is 8.05. The van der Waals surface area contributed by atoms with E-state index in [1.165, 1.54) is 0 Å². The van der Waals surface area contributed by atoms with Gasteiger partial charge in [-0.2, -0.15) is 0 Å². The predicted molar refractivity (Wildman–Crippen MR) is 164 cm³/mol. The number of aliphatic hydroxyl groups is 2. The molecule has 4 aromatic rings. The number of ether oxygens (including phenoxy) is 2. The highest BCUT2D eigenvalue weighted by molar-refractivity contribution is 7.92. The number of benzene rings is 2. The van der Waals surface area contributed by atoms with Gasteiger partial charge in [0.15, 0.2) is 9.84 Å². The molecule has 0 aliphatic carbocycles. The number of hydrogen-bond donors (Lipinski definition) is 2. The second-order valence-electron chi connectivity index (χ2n) is 11.2. The van der Waals surface area contributed by atoms with Crippen LogP contribution in [0.4, 0.5) is 0 Å². The number of aryl methyl sites for hydroxylation is 2. The number of hydrogen-bond acceptors (Lipinski definition) is 8. The average Bonchev–Trinajstić information content (AvgIpc) is 3.06. The molecule has 5 rings (SSSR count). The number of pyridine rings is 2. The first-order valence-corrected chi connectivity index (χ1v) is 16.1. The van der Waals surface area contributed by atoms with Gasteiger partial charge in [0.1, 0.15) is 24.4 Å². The van der Waals surface area contributed by atoms with E-state index in [4.69, 9.17) is 9.47 Å². The molecular formula is C34H38N2O6S. The van der Waals surface area contributed by atoms with Crippen molar-refractivity contribution in [2.75, 3.05) is 0 Å². The van der Waals surface area contributed by atoms with Crippen LogP contribution < -0.4 is 0 Å². The maximum absolute atomic E-state index is 14.8.